The highest BCUT2D eigenvalue weighted by Crippen LogP contribution is 2.38. The molecule has 1 aliphatic heterocycles. The summed E-state index contributed by atoms with van der Waals surface area (Å²) in [6, 6.07) is 7.06. The molecule has 1 aliphatic rings. The van der Waals surface area contributed by atoms with E-state index in [-0.39, 0.29) is 16.3 Å². The fourth-order valence-electron chi connectivity index (χ4n) is 3.22. The van der Waals surface area contributed by atoms with Gasteiger partial charge >= 0.3 is 6.18 Å². The van der Waals surface area contributed by atoms with Crippen molar-refractivity contribution in [3.8, 4) is 11.5 Å². The summed E-state index contributed by atoms with van der Waals surface area (Å²) in [6.07, 6.45) is -2.81. The van der Waals surface area contributed by atoms with Crippen LogP contribution in [0.15, 0.2) is 41.3 Å². The summed E-state index contributed by atoms with van der Waals surface area (Å²) in [6.45, 7) is 1.30. The zero-order chi connectivity index (χ0) is 21.2. The number of rotatable bonds is 6. The van der Waals surface area contributed by atoms with E-state index in [1.807, 2.05) is 4.90 Å². The molecule has 158 valence electrons. The third-order valence-electron chi connectivity index (χ3n) is 4.68. The monoisotopic (exact) mass is 430 g/mol. The Bertz CT molecular complexity index is 987. The molecule has 0 bridgehead atoms. The highest BCUT2D eigenvalue weighted by molar-refractivity contribution is 7.92. The van der Waals surface area contributed by atoms with E-state index in [0.717, 1.165) is 25.0 Å². The molecule has 1 saturated heterocycles. The third-order valence-corrected chi connectivity index (χ3v) is 6.04. The number of nitrogens with one attached hydrogen (secondary N) is 1. The van der Waals surface area contributed by atoms with Crippen molar-refractivity contribution in [2.45, 2.75) is 23.9 Å². The topological polar surface area (TPSA) is 67.9 Å². The maximum absolute atomic E-state index is 13.2. The van der Waals surface area contributed by atoms with Crippen LogP contribution in [0.4, 0.5) is 24.5 Å². The second-order valence-corrected chi connectivity index (χ2v) is 8.23. The van der Waals surface area contributed by atoms with E-state index in [1.54, 1.807) is 0 Å². The van der Waals surface area contributed by atoms with Crippen molar-refractivity contribution < 1.29 is 31.1 Å². The van der Waals surface area contributed by atoms with Crippen molar-refractivity contribution in [2.24, 2.45) is 0 Å². The fraction of sp³-hybridized carbons (Fsp3) is 0.368. The van der Waals surface area contributed by atoms with Gasteiger partial charge in [0, 0.05) is 19.2 Å². The Kier molecular flexibility index (Phi) is 5.83. The van der Waals surface area contributed by atoms with Crippen LogP contribution in [0.1, 0.15) is 18.4 Å². The third kappa shape index (κ3) is 4.52. The maximum Gasteiger partial charge on any atom is 0.416 e. The van der Waals surface area contributed by atoms with Crippen LogP contribution in [-0.4, -0.2) is 35.7 Å². The molecule has 10 heteroatoms. The van der Waals surface area contributed by atoms with Crippen molar-refractivity contribution in [3.63, 3.8) is 0 Å². The van der Waals surface area contributed by atoms with Gasteiger partial charge in [-0.2, -0.15) is 13.2 Å². The van der Waals surface area contributed by atoms with E-state index >= 15 is 0 Å². The molecule has 3 rings (SSSR count). The smallest absolute Gasteiger partial charge is 0.416 e. The molecular weight excluding hydrogens is 409 g/mol. The van der Waals surface area contributed by atoms with E-state index < -0.39 is 21.8 Å². The molecule has 0 amide bonds. The Morgan fingerprint density at radius 2 is 1.62 bits per heavy atom. The number of anilines is 2. The van der Waals surface area contributed by atoms with Gasteiger partial charge in [0.1, 0.15) is 0 Å². The molecule has 0 saturated carbocycles. The summed E-state index contributed by atoms with van der Waals surface area (Å²) in [5.74, 6) is 0.530. The fourth-order valence-corrected chi connectivity index (χ4v) is 4.30. The van der Waals surface area contributed by atoms with Crippen molar-refractivity contribution >= 4 is 21.4 Å². The Balaban J connectivity index is 2.02. The normalized spacial score (nSPS) is 14.7. The summed E-state index contributed by atoms with van der Waals surface area (Å²) >= 11 is 0. The van der Waals surface area contributed by atoms with E-state index in [1.165, 1.54) is 38.5 Å². The molecule has 0 unspecified atom stereocenters. The van der Waals surface area contributed by atoms with Gasteiger partial charge in [-0.15, -0.1) is 0 Å². The molecule has 29 heavy (non-hydrogen) atoms. The summed E-state index contributed by atoms with van der Waals surface area (Å²) < 4.78 is 77.9. The van der Waals surface area contributed by atoms with E-state index in [2.05, 4.69) is 4.72 Å². The van der Waals surface area contributed by atoms with Gasteiger partial charge in [0.2, 0.25) is 0 Å². The minimum atomic E-state index is -4.59. The molecule has 0 radical (unpaired) electrons. The molecule has 1 heterocycles. The van der Waals surface area contributed by atoms with Gasteiger partial charge in [-0.1, -0.05) is 0 Å². The average molecular weight is 430 g/mol. The van der Waals surface area contributed by atoms with Crippen LogP contribution in [0.3, 0.4) is 0 Å². The van der Waals surface area contributed by atoms with Crippen LogP contribution in [0.5, 0.6) is 11.5 Å². The van der Waals surface area contributed by atoms with Crippen LogP contribution < -0.4 is 19.1 Å². The highest BCUT2D eigenvalue weighted by atomic mass is 32.2. The number of alkyl halides is 3. The van der Waals surface area contributed by atoms with Gasteiger partial charge in [-0.05, 0) is 43.2 Å². The number of nitrogens with zero attached hydrogens (tertiary/aromatic N) is 1. The summed E-state index contributed by atoms with van der Waals surface area (Å²) in [4.78, 5) is 1.71. The van der Waals surface area contributed by atoms with Crippen LogP contribution in [0.2, 0.25) is 0 Å². The van der Waals surface area contributed by atoms with Crippen molar-refractivity contribution in [1.29, 1.82) is 0 Å². The molecule has 0 atom stereocenters. The Morgan fingerprint density at radius 1 is 0.966 bits per heavy atom. The number of sulfonamides is 1. The Labute approximate surface area is 167 Å². The zero-order valence-electron chi connectivity index (χ0n) is 15.9. The largest absolute Gasteiger partial charge is 0.493 e. The highest BCUT2D eigenvalue weighted by Gasteiger charge is 2.32. The van der Waals surface area contributed by atoms with Gasteiger partial charge in [0.05, 0.1) is 36.1 Å². The Morgan fingerprint density at radius 3 is 2.21 bits per heavy atom. The first-order chi connectivity index (χ1) is 13.7. The number of ether oxygens (including phenoxy) is 2. The number of halogens is 3. The van der Waals surface area contributed by atoms with Crippen LogP contribution in [-0.2, 0) is 16.2 Å². The van der Waals surface area contributed by atoms with Gasteiger partial charge in [-0.3, -0.25) is 4.72 Å². The molecule has 2 aromatic rings. The predicted octanol–water partition coefficient (Wildman–Crippen LogP) is 4.12. The number of benzene rings is 2. The van der Waals surface area contributed by atoms with Gasteiger partial charge in [0.15, 0.2) is 11.5 Å². The number of hydrogen-bond donors (Lipinski definition) is 1. The number of methoxy groups -OCH3 is 2. The van der Waals surface area contributed by atoms with Crippen LogP contribution >= 0.6 is 0 Å². The van der Waals surface area contributed by atoms with Crippen molar-refractivity contribution in [1.82, 2.24) is 0 Å². The van der Waals surface area contributed by atoms with Gasteiger partial charge in [-0.25, -0.2) is 8.42 Å². The minimum Gasteiger partial charge on any atom is -0.493 e. The first kappa shape index (κ1) is 21.1. The van der Waals surface area contributed by atoms with Gasteiger partial charge in [0.25, 0.3) is 10.0 Å². The van der Waals surface area contributed by atoms with Gasteiger partial charge < -0.3 is 14.4 Å². The molecule has 0 aliphatic carbocycles. The van der Waals surface area contributed by atoms with Crippen molar-refractivity contribution in [3.05, 3.63) is 42.0 Å². The number of hydrogen-bond acceptors (Lipinski definition) is 5. The standard InChI is InChI=1S/C19H21F3N2O4S/c1-27-17-8-6-14(12-18(17)28-2)29(25,26)23-15-11-13(19(20,21)22)5-7-16(15)24-9-3-4-10-24/h5-8,11-12,23H,3-4,9-10H2,1-2H3. The molecule has 2 aromatic carbocycles. The second kappa shape index (κ2) is 8.02. The predicted molar refractivity (Wildman–Crippen MR) is 103 cm³/mol. The first-order valence-corrected chi connectivity index (χ1v) is 10.3. The van der Waals surface area contributed by atoms with Crippen LogP contribution in [0.25, 0.3) is 0 Å². The lowest BCUT2D eigenvalue weighted by Crippen LogP contribution is -2.22. The second-order valence-electron chi connectivity index (χ2n) is 6.55. The average Bonchev–Trinajstić information content (AvgIpc) is 3.20. The molecule has 6 nitrogen and oxygen atoms in total. The van der Waals surface area contributed by atoms with Crippen LogP contribution in [0, 0.1) is 0 Å². The summed E-state index contributed by atoms with van der Waals surface area (Å²) in [5, 5.41) is 0. The minimum absolute atomic E-state index is 0.114. The first-order valence-electron chi connectivity index (χ1n) is 8.87. The maximum atomic E-state index is 13.2. The molecule has 1 fully saturated rings. The summed E-state index contributed by atoms with van der Waals surface area (Å²) in [7, 11) is -1.39. The Hall–Kier alpha value is -2.62. The molecule has 0 spiro atoms. The lowest BCUT2D eigenvalue weighted by molar-refractivity contribution is -0.137. The SMILES string of the molecule is COc1ccc(S(=O)(=O)Nc2cc(C(F)(F)F)ccc2N2CCCC2)cc1OC. The zero-order valence-corrected chi connectivity index (χ0v) is 16.7. The van der Waals surface area contributed by atoms with E-state index in [4.69, 9.17) is 9.47 Å². The lowest BCUT2D eigenvalue weighted by Gasteiger charge is -2.23. The quantitative estimate of drug-likeness (QED) is 0.747. The molecule has 1 N–H and O–H groups in total. The molecule has 0 aromatic heterocycles. The summed E-state index contributed by atoms with van der Waals surface area (Å²) in [5.41, 5.74) is -0.624. The molecular formula is C19H21F3N2O4S. The van der Waals surface area contributed by atoms with E-state index in [0.29, 0.717) is 24.5 Å². The van der Waals surface area contributed by atoms with Crippen molar-refractivity contribution in [2.75, 3.05) is 36.9 Å². The lowest BCUT2D eigenvalue weighted by atomic mass is 10.1. The van der Waals surface area contributed by atoms with E-state index in [9.17, 15) is 21.6 Å².